The predicted molar refractivity (Wildman–Crippen MR) is 67.7 cm³/mol. The number of hydrogen-bond acceptors (Lipinski definition) is 5. The van der Waals surface area contributed by atoms with Crippen LogP contribution in [0.3, 0.4) is 0 Å². The van der Waals surface area contributed by atoms with Crippen LogP contribution in [0, 0.1) is 11.3 Å². The van der Waals surface area contributed by atoms with Crippen molar-refractivity contribution in [2.24, 2.45) is 0 Å². The van der Waals surface area contributed by atoms with E-state index in [4.69, 9.17) is 5.26 Å². The van der Waals surface area contributed by atoms with E-state index in [0.717, 1.165) is 0 Å². The molecule has 8 heteroatoms. The van der Waals surface area contributed by atoms with Crippen LogP contribution < -0.4 is 4.72 Å². The molecule has 0 spiro atoms. The molecule has 0 radical (unpaired) electrons. The fourth-order valence-electron chi connectivity index (χ4n) is 1.37. The van der Waals surface area contributed by atoms with Crippen LogP contribution in [0.1, 0.15) is 12.5 Å². The van der Waals surface area contributed by atoms with Gasteiger partial charge in [-0.1, -0.05) is 0 Å². The molecule has 0 bridgehead atoms. The SMILES string of the molecule is CCn1cc(S(=O)(=O)Nc2ccc(C#N)cn2)cn1. The third-order valence-corrected chi connectivity index (χ3v) is 3.68. The summed E-state index contributed by atoms with van der Waals surface area (Å²) in [5.74, 6) is 0.156. The maximum Gasteiger partial charge on any atom is 0.266 e. The number of sulfonamides is 1. The second-order valence-corrected chi connectivity index (χ2v) is 5.36. The lowest BCUT2D eigenvalue weighted by atomic mass is 10.3. The molecule has 0 saturated carbocycles. The molecule has 7 nitrogen and oxygen atoms in total. The highest BCUT2D eigenvalue weighted by Gasteiger charge is 2.16. The third kappa shape index (κ3) is 2.89. The highest BCUT2D eigenvalue weighted by molar-refractivity contribution is 7.92. The van der Waals surface area contributed by atoms with Gasteiger partial charge in [0, 0.05) is 18.9 Å². The first-order valence-electron chi connectivity index (χ1n) is 5.46. The summed E-state index contributed by atoms with van der Waals surface area (Å²) in [6.07, 6.45) is 4.01. The Labute approximate surface area is 110 Å². The van der Waals surface area contributed by atoms with Gasteiger partial charge in [-0.3, -0.25) is 9.40 Å². The zero-order valence-corrected chi connectivity index (χ0v) is 10.9. The monoisotopic (exact) mass is 277 g/mol. The molecule has 2 heterocycles. The molecular weight excluding hydrogens is 266 g/mol. The molecule has 19 heavy (non-hydrogen) atoms. The molecule has 0 atom stereocenters. The lowest BCUT2D eigenvalue weighted by Gasteiger charge is -2.04. The Bertz CT molecular complexity index is 712. The Kier molecular flexibility index (Phi) is 3.48. The van der Waals surface area contributed by atoms with Crippen LogP contribution in [0.5, 0.6) is 0 Å². The van der Waals surface area contributed by atoms with Gasteiger partial charge in [0.05, 0.1) is 11.8 Å². The maximum atomic E-state index is 12.0. The van der Waals surface area contributed by atoms with Gasteiger partial charge >= 0.3 is 0 Å². The van der Waals surface area contributed by atoms with Crippen LogP contribution >= 0.6 is 0 Å². The van der Waals surface area contributed by atoms with Gasteiger partial charge in [-0.2, -0.15) is 10.4 Å². The number of nitrogens with zero attached hydrogens (tertiary/aromatic N) is 4. The van der Waals surface area contributed by atoms with Gasteiger partial charge in [-0.15, -0.1) is 0 Å². The largest absolute Gasteiger partial charge is 0.272 e. The molecule has 2 aromatic heterocycles. The van der Waals surface area contributed by atoms with E-state index in [1.165, 1.54) is 35.4 Å². The summed E-state index contributed by atoms with van der Waals surface area (Å²) in [7, 11) is -3.70. The number of hydrogen-bond donors (Lipinski definition) is 1. The number of rotatable bonds is 4. The van der Waals surface area contributed by atoms with Gasteiger partial charge in [-0.05, 0) is 19.1 Å². The molecule has 0 aliphatic rings. The minimum atomic E-state index is -3.70. The summed E-state index contributed by atoms with van der Waals surface area (Å²) in [5, 5.41) is 12.5. The van der Waals surface area contributed by atoms with Crippen molar-refractivity contribution in [2.75, 3.05) is 4.72 Å². The lowest BCUT2D eigenvalue weighted by Crippen LogP contribution is -2.13. The molecule has 0 saturated heterocycles. The molecule has 0 aromatic carbocycles. The molecule has 0 fully saturated rings. The van der Waals surface area contributed by atoms with Gasteiger partial charge in [0.25, 0.3) is 10.0 Å². The number of anilines is 1. The second kappa shape index (κ2) is 5.07. The zero-order chi connectivity index (χ0) is 13.9. The molecule has 2 rings (SSSR count). The first kappa shape index (κ1) is 13.0. The maximum absolute atomic E-state index is 12.0. The van der Waals surface area contributed by atoms with Crippen molar-refractivity contribution in [3.63, 3.8) is 0 Å². The smallest absolute Gasteiger partial charge is 0.266 e. The Morgan fingerprint density at radius 2 is 2.21 bits per heavy atom. The average Bonchev–Trinajstić information content (AvgIpc) is 2.89. The fourth-order valence-corrected chi connectivity index (χ4v) is 2.33. The normalized spacial score (nSPS) is 10.9. The van der Waals surface area contributed by atoms with Gasteiger partial charge in [0.15, 0.2) is 0 Å². The number of aromatic nitrogens is 3. The Balaban J connectivity index is 2.23. The number of nitrogens with one attached hydrogen (secondary N) is 1. The van der Waals surface area contributed by atoms with E-state index >= 15 is 0 Å². The van der Waals surface area contributed by atoms with Gasteiger partial charge in [-0.25, -0.2) is 13.4 Å². The van der Waals surface area contributed by atoms with Crippen molar-refractivity contribution in [1.29, 1.82) is 5.26 Å². The first-order valence-corrected chi connectivity index (χ1v) is 6.95. The van der Waals surface area contributed by atoms with Crippen molar-refractivity contribution in [3.8, 4) is 6.07 Å². The summed E-state index contributed by atoms with van der Waals surface area (Å²) in [4.78, 5) is 3.92. The van der Waals surface area contributed by atoms with Crippen molar-refractivity contribution in [3.05, 3.63) is 36.3 Å². The summed E-state index contributed by atoms with van der Waals surface area (Å²) in [6, 6.07) is 4.82. The molecule has 0 aliphatic carbocycles. The number of aryl methyl sites for hydroxylation is 1. The molecule has 2 aromatic rings. The minimum Gasteiger partial charge on any atom is -0.272 e. The predicted octanol–water partition coefficient (Wildman–Crippen LogP) is 0.970. The summed E-state index contributed by atoms with van der Waals surface area (Å²) in [5.41, 5.74) is 0.363. The zero-order valence-electron chi connectivity index (χ0n) is 10.1. The first-order chi connectivity index (χ1) is 9.05. The molecule has 1 N–H and O–H groups in total. The molecule has 0 unspecified atom stereocenters. The van der Waals surface area contributed by atoms with E-state index in [1.807, 2.05) is 13.0 Å². The van der Waals surface area contributed by atoms with Crippen LogP contribution in [0.25, 0.3) is 0 Å². The summed E-state index contributed by atoms with van der Waals surface area (Å²) >= 11 is 0. The van der Waals surface area contributed by atoms with Gasteiger partial charge in [0.2, 0.25) is 0 Å². The second-order valence-electron chi connectivity index (χ2n) is 3.68. The Hall–Kier alpha value is -2.40. The third-order valence-electron chi connectivity index (χ3n) is 2.38. The lowest BCUT2D eigenvalue weighted by molar-refractivity contribution is 0.600. The van der Waals surface area contributed by atoms with E-state index in [0.29, 0.717) is 12.1 Å². The Morgan fingerprint density at radius 3 is 2.74 bits per heavy atom. The van der Waals surface area contributed by atoms with Crippen molar-refractivity contribution in [2.45, 2.75) is 18.4 Å². The van der Waals surface area contributed by atoms with Gasteiger partial charge < -0.3 is 0 Å². The number of nitriles is 1. The van der Waals surface area contributed by atoms with Crippen molar-refractivity contribution in [1.82, 2.24) is 14.8 Å². The van der Waals surface area contributed by atoms with E-state index in [2.05, 4.69) is 14.8 Å². The minimum absolute atomic E-state index is 0.0699. The van der Waals surface area contributed by atoms with Gasteiger partial charge in [0.1, 0.15) is 16.8 Å². The quantitative estimate of drug-likeness (QED) is 0.897. The van der Waals surface area contributed by atoms with Crippen LogP contribution in [0.4, 0.5) is 5.82 Å². The average molecular weight is 277 g/mol. The van der Waals surface area contributed by atoms with E-state index < -0.39 is 10.0 Å². The Morgan fingerprint density at radius 1 is 1.42 bits per heavy atom. The molecule has 0 amide bonds. The highest BCUT2D eigenvalue weighted by atomic mass is 32.2. The number of pyridine rings is 1. The standard InChI is InChI=1S/C11H11N5O2S/c1-2-16-8-10(7-14-16)19(17,18)15-11-4-3-9(5-12)6-13-11/h3-4,6-8H,2H2,1H3,(H,13,15). The van der Waals surface area contributed by atoms with Crippen LogP contribution in [0.2, 0.25) is 0 Å². The summed E-state index contributed by atoms with van der Waals surface area (Å²) in [6.45, 7) is 2.45. The van der Waals surface area contributed by atoms with E-state index in [-0.39, 0.29) is 10.7 Å². The molecule has 98 valence electrons. The van der Waals surface area contributed by atoms with Crippen molar-refractivity contribution < 1.29 is 8.42 Å². The van der Waals surface area contributed by atoms with Crippen molar-refractivity contribution >= 4 is 15.8 Å². The molecule has 0 aliphatic heterocycles. The van der Waals surface area contributed by atoms with Crippen LogP contribution in [-0.2, 0) is 16.6 Å². The highest BCUT2D eigenvalue weighted by Crippen LogP contribution is 2.13. The summed E-state index contributed by atoms with van der Waals surface area (Å²) < 4.78 is 27.9. The molecular formula is C11H11N5O2S. The topological polar surface area (TPSA) is 101 Å². The van der Waals surface area contributed by atoms with E-state index in [1.54, 1.807) is 0 Å². The fraction of sp³-hybridized carbons (Fsp3) is 0.182. The van der Waals surface area contributed by atoms with Crippen LogP contribution in [0.15, 0.2) is 35.6 Å². The van der Waals surface area contributed by atoms with E-state index in [9.17, 15) is 8.42 Å². The van der Waals surface area contributed by atoms with Crippen LogP contribution in [-0.4, -0.2) is 23.2 Å².